The van der Waals surface area contributed by atoms with Gasteiger partial charge in [-0.15, -0.1) is 0 Å². The Balaban J connectivity index is 1.76. The first-order valence-electron chi connectivity index (χ1n) is 7.40. The maximum absolute atomic E-state index is 12.8. The zero-order valence-electron chi connectivity index (χ0n) is 11.8. The number of anilines is 1. The topological polar surface area (TPSA) is 37.4 Å². The molecule has 1 aromatic carbocycles. The van der Waals surface area contributed by atoms with Gasteiger partial charge in [-0.3, -0.25) is 14.5 Å². The number of benzene rings is 1. The number of carbonyl (C=O) groups is 2. The van der Waals surface area contributed by atoms with Crippen molar-refractivity contribution < 1.29 is 9.59 Å². The minimum atomic E-state index is -0.155. The first-order chi connectivity index (χ1) is 10.1. The van der Waals surface area contributed by atoms with Gasteiger partial charge in [0.1, 0.15) is 0 Å². The number of fused-ring (bicyclic) bond motifs is 1. The third-order valence-electron chi connectivity index (χ3n) is 5.16. The lowest BCUT2D eigenvalue weighted by Gasteiger charge is -2.38. The number of imide groups is 1. The smallest absolute Gasteiger partial charge is 0.238 e. The summed E-state index contributed by atoms with van der Waals surface area (Å²) in [7, 11) is 0. The molecule has 0 aromatic heterocycles. The van der Waals surface area contributed by atoms with Crippen LogP contribution in [-0.2, 0) is 9.59 Å². The van der Waals surface area contributed by atoms with Gasteiger partial charge in [0.05, 0.1) is 17.5 Å². The van der Waals surface area contributed by atoms with E-state index in [1.54, 1.807) is 12.1 Å². The molecule has 5 rings (SSSR count). The number of hydrogen-bond acceptors (Lipinski definition) is 2. The number of hydrogen-bond donors (Lipinski definition) is 0. The van der Waals surface area contributed by atoms with Gasteiger partial charge in [-0.1, -0.05) is 23.8 Å². The molecule has 0 spiro atoms. The van der Waals surface area contributed by atoms with Gasteiger partial charge in [0.25, 0.3) is 0 Å². The Kier molecular flexibility index (Phi) is 2.77. The van der Waals surface area contributed by atoms with Crippen molar-refractivity contribution in [3.63, 3.8) is 0 Å². The highest BCUT2D eigenvalue weighted by Crippen LogP contribution is 2.50. The van der Waals surface area contributed by atoms with Crippen molar-refractivity contribution in [1.29, 1.82) is 0 Å². The van der Waals surface area contributed by atoms with Crippen molar-refractivity contribution >= 4 is 29.1 Å². The van der Waals surface area contributed by atoms with E-state index < -0.39 is 0 Å². The second-order valence-corrected chi connectivity index (χ2v) is 6.69. The van der Waals surface area contributed by atoms with Crippen LogP contribution in [0.3, 0.4) is 0 Å². The Morgan fingerprint density at radius 1 is 1.05 bits per heavy atom. The first-order valence-corrected chi connectivity index (χ1v) is 7.78. The molecule has 2 fully saturated rings. The van der Waals surface area contributed by atoms with Gasteiger partial charge < -0.3 is 0 Å². The summed E-state index contributed by atoms with van der Waals surface area (Å²) < 4.78 is 0. The largest absolute Gasteiger partial charge is 0.274 e. The average molecular weight is 302 g/mol. The Morgan fingerprint density at radius 3 is 2.10 bits per heavy atom. The molecule has 4 heteroatoms. The lowest BCUT2D eigenvalue weighted by atomic mass is 9.63. The highest BCUT2D eigenvalue weighted by molar-refractivity contribution is 6.31. The molecule has 0 N–H and O–H groups in total. The number of amides is 2. The maximum Gasteiger partial charge on any atom is 0.238 e. The lowest BCUT2D eigenvalue weighted by molar-refractivity contribution is -0.124. The van der Waals surface area contributed by atoms with Crippen molar-refractivity contribution in [3.8, 4) is 0 Å². The summed E-state index contributed by atoms with van der Waals surface area (Å²) in [4.78, 5) is 26.9. The van der Waals surface area contributed by atoms with Crippen molar-refractivity contribution in [2.45, 2.75) is 19.8 Å². The van der Waals surface area contributed by atoms with Gasteiger partial charge >= 0.3 is 0 Å². The summed E-state index contributed by atoms with van der Waals surface area (Å²) in [6.45, 7) is 1.88. The number of allylic oxidation sites excluding steroid dienone is 2. The third kappa shape index (κ3) is 1.73. The molecule has 3 aliphatic carbocycles. The van der Waals surface area contributed by atoms with E-state index >= 15 is 0 Å². The molecule has 2 amide bonds. The van der Waals surface area contributed by atoms with E-state index in [9.17, 15) is 9.59 Å². The van der Waals surface area contributed by atoms with Crippen molar-refractivity contribution in [3.05, 3.63) is 40.9 Å². The zero-order valence-corrected chi connectivity index (χ0v) is 12.5. The SMILES string of the molecule is Cc1cc(N2C(=O)[C@@H]3[C@H](C2=O)[C@@H]2C=C[C@H]3CC2)ccc1Cl. The number of aryl methyl sites for hydroxylation is 1. The molecule has 3 nitrogen and oxygen atoms in total. The molecular weight excluding hydrogens is 286 g/mol. The fraction of sp³-hybridized carbons (Fsp3) is 0.412. The summed E-state index contributed by atoms with van der Waals surface area (Å²) in [6, 6.07) is 5.34. The molecule has 21 heavy (non-hydrogen) atoms. The van der Waals surface area contributed by atoms with Crippen LogP contribution >= 0.6 is 11.6 Å². The number of nitrogens with zero attached hydrogens (tertiary/aromatic N) is 1. The molecule has 4 atom stereocenters. The Morgan fingerprint density at radius 2 is 1.62 bits per heavy atom. The first kappa shape index (κ1) is 13.1. The average Bonchev–Trinajstić information content (AvgIpc) is 2.78. The minimum absolute atomic E-state index is 0.0363. The summed E-state index contributed by atoms with van der Waals surface area (Å²) in [6.07, 6.45) is 6.32. The fourth-order valence-corrected chi connectivity index (χ4v) is 4.21. The Bertz CT molecular complexity index is 649. The van der Waals surface area contributed by atoms with Crippen LogP contribution in [0.25, 0.3) is 0 Å². The highest BCUT2D eigenvalue weighted by Gasteiger charge is 2.56. The maximum atomic E-state index is 12.8. The van der Waals surface area contributed by atoms with Crippen molar-refractivity contribution in [1.82, 2.24) is 0 Å². The van der Waals surface area contributed by atoms with Crippen LogP contribution in [0.5, 0.6) is 0 Å². The van der Waals surface area contributed by atoms with Gasteiger partial charge in [-0.2, -0.15) is 0 Å². The van der Waals surface area contributed by atoms with E-state index in [0.29, 0.717) is 10.7 Å². The summed E-state index contributed by atoms with van der Waals surface area (Å²) in [5, 5.41) is 0.650. The van der Waals surface area contributed by atoms with Crippen LogP contribution in [0.15, 0.2) is 30.4 Å². The number of halogens is 1. The van der Waals surface area contributed by atoms with Crippen LogP contribution in [0, 0.1) is 30.6 Å². The third-order valence-corrected chi connectivity index (χ3v) is 5.58. The van der Waals surface area contributed by atoms with Crippen molar-refractivity contribution in [2.75, 3.05) is 4.90 Å². The fourth-order valence-electron chi connectivity index (χ4n) is 4.10. The minimum Gasteiger partial charge on any atom is -0.274 e. The van der Waals surface area contributed by atoms with Crippen molar-refractivity contribution in [2.24, 2.45) is 23.7 Å². The Labute approximate surface area is 128 Å². The molecule has 108 valence electrons. The van der Waals surface area contributed by atoms with Crippen LogP contribution in [0.2, 0.25) is 5.02 Å². The van der Waals surface area contributed by atoms with E-state index in [4.69, 9.17) is 11.6 Å². The molecule has 1 aromatic rings. The second-order valence-electron chi connectivity index (χ2n) is 6.29. The molecule has 1 aliphatic heterocycles. The molecule has 0 unspecified atom stereocenters. The molecule has 1 saturated heterocycles. The quantitative estimate of drug-likeness (QED) is 0.589. The van der Waals surface area contributed by atoms with E-state index in [2.05, 4.69) is 12.2 Å². The highest BCUT2D eigenvalue weighted by atomic mass is 35.5. The van der Waals surface area contributed by atoms with E-state index in [1.165, 1.54) is 4.90 Å². The second kappa shape index (κ2) is 4.44. The van der Waals surface area contributed by atoms with Gasteiger partial charge in [0.2, 0.25) is 11.8 Å². The van der Waals surface area contributed by atoms with Crippen LogP contribution in [0.1, 0.15) is 18.4 Å². The number of rotatable bonds is 1. The monoisotopic (exact) mass is 301 g/mol. The molecule has 1 saturated carbocycles. The van der Waals surface area contributed by atoms with Gasteiger partial charge in [-0.05, 0) is 55.4 Å². The predicted octanol–water partition coefficient (Wildman–Crippen LogP) is 3.35. The zero-order chi connectivity index (χ0) is 14.7. The van der Waals surface area contributed by atoms with Crippen LogP contribution in [-0.4, -0.2) is 11.8 Å². The molecular formula is C17H16ClNO2. The molecule has 0 radical (unpaired) electrons. The van der Waals surface area contributed by atoms with E-state index in [-0.39, 0.29) is 35.5 Å². The Hall–Kier alpha value is -1.61. The van der Waals surface area contributed by atoms with E-state index in [0.717, 1.165) is 18.4 Å². The molecule has 1 heterocycles. The standard InChI is InChI=1S/C17H16ClNO2/c1-9-8-12(6-7-13(9)18)19-16(20)14-10-2-3-11(5-4-10)15(14)17(19)21/h2-3,6-8,10-11,14-15H,4-5H2,1H3/t10-,11+,14-,15+. The van der Waals surface area contributed by atoms with E-state index in [1.807, 2.05) is 13.0 Å². The van der Waals surface area contributed by atoms with Gasteiger partial charge in [-0.25, -0.2) is 0 Å². The lowest BCUT2D eigenvalue weighted by Crippen LogP contribution is -2.38. The summed E-state index contributed by atoms with van der Waals surface area (Å²) in [5.74, 6) is 0.0794. The van der Waals surface area contributed by atoms with Gasteiger partial charge in [0, 0.05) is 5.02 Å². The van der Waals surface area contributed by atoms with Gasteiger partial charge in [0.15, 0.2) is 0 Å². The normalized spacial score (nSPS) is 33.7. The summed E-state index contributed by atoms with van der Waals surface area (Å²) >= 11 is 6.04. The number of carbonyl (C=O) groups excluding carboxylic acids is 2. The van der Waals surface area contributed by atoms with Crippen LogP contribution in [0.4, 0.5) is 5.69 Å². The molecule has 4 aliphatic rings. The predicted molar refractivity (Wildman–Crippen MR) is 81.0 cm³/mol. The summed E-state index contributed by atoms with van der Waals surface area (Å²) in [5.41, 5.74) is 1.53. The van der Waals surface area contributed by atoms with Crippen LogP contribution < -0.4 is 4.90 Å². The molecule has 2 bridgehead atoms.